The molecule has 0 N–H and O–H groups in total. The molecule has 0 spiro atoms. The maximum Gasteiger partial charge on any atom is 0.310 e. The molecule has 2 rings (SSSR count). The monoisotopic (exact) mass is 244 g/mol. The normalized spacial score (nSPS) is 10.0. The number of hydrogen-bond donors (Lipinski definition) is 0. The summed E-state index contributed by atoms with van der Waals surface area (Å²) in [7, 11) is 0. The van der Waals surface area contributed by atoms with Crippen LogP contribution in [-0.4, -0.2) is 12.3 Å². The first-order valence-electron chi connectivity index (χ1n) is 5.51. The van der Waals surface area contributed by atoms with Gasteiger partial charge >= 0.3 is 5.97 Å². The Hall–Kier alpha value is -2.36. The average Bonchev–Trinajstić information content (AvgIpc) is 2.85. The summed E-state index contributed by atoms with van der Waals surface area (Å²) in [6, 6.07) is 12.5. The first-order valence-corrected chi connectivity index (χ1v) is 5.51. The van der Waals surface area contributed by atoms with Crippen LogP contribution >= 0.6 is 0 Å². The van der Waals surface area contributed by atoms with Crippen LogP contribution in [0, 0.1) is 0 Å². The van der Waals surface area contributed by atoms with Crippen molar-refractivity contribution < 1.29 is 18.7 Å². The molecule has 4 heteroatoms. The van der Waals surface area contributed by atoms with Crippen molar-refractivity contribution in [2.75, 3.05) is 0 Å². The lowest BCUT2D eigenvalue weighted by Gasteiger charge is -2.02. The van der Waals surface area contributed by atoms with Gasteiger partial charge in [-0.3, -0.25) is 9.59 Å². The summed E-state index contributed by atoms with van der Waals surface area (Å²) < 4.78 is 10.1. The molecule has 18 heavy (non-hydrogen) atoms. The Labute approximate surface area is 104 Å². The van der Waals surface area contributed by atoms with Gasteiger partial charge in [-0.2, -0.15) is 0 Å². The van der Waals surface area contributed by atoms with E-state index in [0.29, 0.717) is 12.0 Å². The van der Waals surface area contributed by atoms with Crippen LogP contribution < -0.4 is 0 Å². The van der Waals surface area contributed by atoms with Crippen molar-refractivity contribution in [3.8, 4) is 0 Å². The predicted octanol–water partition coefficient (Wildman–Crippen LogP) is 2.38. The molecule has 0 radical (unpaired) electrons. The topological polar surface area (TPSA) is 56.5 Å². The molecule has 92 valence electrons. The number of benzene rings is 1. The molecule has 2 aromatic rings. The molecule has 0 saturated carbocycles. The van der Waals surface area contributed by atoms with Gasteiger partial charge in [-0.1, -0.05) is 30.3 Å². The number of hydrogen-bond acceptors (Lipinski definition) is 4. The highest BCUT2D eigenvalue weighted by molar-refractivity contribution is 5.72. The lowest BCUT2D eigenvalue weighted by molar-refractivity contribution is -0.144. The molecule has 0 amide bonds. The highest BCUT2D eigenvalue weighted by Crippen LogP contribution is 2.08. The number of esters is 1. The average molecular weight is 244 g/mol. The summed E-state index contributed by atoms with van der Waals surface area (Å²) in [5.41, 5.74) is 0.899. The standard InChI is InChI=1S/C14H12O4/c15-9-12-6-7-13(18-12)10-17-14(16)8-11-4-2-1-3-5-11/h1-7,9H,8,10H2. The Morgan fingerprint density at radius 3 is 2.61 bits per heavy atom. The molecule has 1 heterocycles. The summed E-state index contributed by atoms with van der Waals surface area (Å²) in [5.74, 6) is 0.355. The van der Waals surface area contributed by atoms with Crippen LogP contribution in [0.15, 0.2) is 46.9 Å². The molecule has 0 aliphatic rings. The predicted molar refractivity (Wildman–Crippen MR) is 64.0 cm³/mol. The lowest BCUT2D eigenvalue weighted by atomic mass is 10.2. The van der Waals surface area contributed by atoms with Crippen molar-refractivity contribution in [1.29, 1.82) is 0 Å². The maximum absolute atomic E-state index is 11.5. The van der Waals surface area contributed by atoms with Crippen molar-refractivity contribution >= 4 is 12.3 Å². The molecule has 0 aliphatic heterocycles. The van der Waals surface area contributed by atoms with E-state index >= 15 is 0 Å². The highest BCUT2D eigenvalue weighted by atomic mass is 16.5. The zero-order valence-corrected chi connectivity index (χ0v) is 9.67. The molecule has 0 atom stereocenters. The van der Waals surface area contributed by atoms with Gasteiger partial charge in [0.15, 0.2) is 12.0 Å². The fraction of sp³-hybridized carbons (Fsp3) is 0.143. The fourth-order valence-corrected chi connectivity index (χ4v) is 1.50. The van der Waals surface area contributed by atoms with Crippen molar-refractivity contribution in [3.05, 3.63) is 59.5 Å². The van der Waals surface area contributed by atoms with E-state index in [1.807, 2.05) is 30.3 Å². The third-order valence-corrected chi connectivity index (χ3v) is 2.37. The Balaban J connectivity index is 1.83. The fourth-order valence-electron chi connectivity index (χ4n) is 1.50. The van der Waals surface area contributed by atoms with E-state index in [9.17, 15) is 9.59 Å². The Morgan fingerprint density at radius 2 is 1.94 bits per heavy atom. The molecule has 1 aromatic heterocycles. The minimum atomic E-state index is -0.328. The molecule has 0 fully saturated rings. The van der Waals surface area contributed by atoms with Gasteiger partial charge in [0.1, 0.15) is 12.4 Å². The second-order valence-electron chi connectivity index (χ2n) is 3.74. The van der Waals surface area contributed by atoms with Gasteiger partial charge in [-0.05, 0) is 17.7 Å². The van der Waals surface area contributed by atoms with E-state index in [4.69, 9.17) is 9.15 Å². The van der Waals surface area contributed by atoms with Gasteiger partial charge in [0, 0.05) is 0 Å². The van der Waals surface area contributed by atoms with Crippen LogP contribution in [-0.2, 0) is 22.6 Å². The quantitative estimate of drug-likeness (QED) is 0.598. The summed E-state index contributed by atoms with van der Waals surface area (Å²) in [6.45, 7) is 0.0412. The van der Waals surface area contributed by atoms with Gasteiger partial charge < -0.3 is 9.15 Å². The van der Waals surface area contributed by atoms with Gasteiger partial charge in [0.05, 0.1) is 6.42 Å². The summed E-state index contributed by atoms with van der Waals surface area (Å²) >= 11 is 0. The van der Waals surface area contributed by atoms with Crippen LogP contribution in [0.5, 0.6) is 0 Å². The third-order valence-electron chi connectivity index (χ3n) is 2.37. The Kier molecular flexibility index (Phi) is 3.91. The van der Waals surface area contributed by atoms with E-state index in [1.165, 1.54) is 6.07 Å². The molecule has 4 nitrogen and oxygen atoms in total. The van der Waals surface area contributed by atoms with E-state index in [1.54, 1.807) is 6.07 Å². The Bertz CT molecular complexity index is 528. The highest BCUT2D eigenvalue weighted by Gasteiger charge is 2.07. The summed E-state index contributed by atoms with van der Waals surface area (Å²) in [5, 5.41) is 0. The number of ether oxygens (including phenoxy) is 1. The number of carbonyl (C=O) groups excluding carboxylic acids is 2. The van der Waals surface area contributed by atoms with Gasteiger partial charge in [-0.25, -0.2) is 0 Å². The molecular weight excluding hydrogens is 232 g/mol. The molecule has 0 aliphatic carbocycles. The minimum Gasteiger partial charge on any atom is -0.457 e. The first-order chi connectivity index (χ1) is 8.78. The lowest BCUT2D eigenvalue weighted by Crippen LogP contribution is -2.07. The molecule has 0 saturated heterocycles. The number of aldehydes is 1. The zero-order chi connectivity index (χ0) is 12.8. The Morgan fingerprint density at radius 1 is 1.17 bits per heavy atom. The van der Waals surface area contributed by atoms with E-state index < -0.39 is 0 Å². The third kappa shape index (κ3) is 3.31. The SMILES string of the molecule is O=Cc1ccc(COC(=O)Cc2ccccc2)o1. The zero-order valence-electron chi connectivity index (χ0n) is 9.67. The second-order valence-corrected chi connectivity index (χ2v) is 3.74. The van der Waals surface area contributed by atoms with Gasteiger partial charge in [0.2, 0.25) is 0 Å². The summed E-state index contributed by atoms with van der Waals surface area (Å²) in [4.78, 5) is 21.9. The van der Waals surface area contributed by atoms with Crippen molar-refractivity contribution in [2.45, 2.75) is 13.0 Å². The maximum atomic E-state index is 11.5. The van der Waals surface area contributed by atoms with Crippen LogP contribution in [0.1, 0.15) is 21.9 Å². The molecular formula is C14H12O4. The van der Waals surface area contributed by atoms with E-state index in [-0.39, 0.29) is 24.8 Å². The van der Waals surface area contributed by atoms with Crippen molar-refractivity contribution in [1.82, 2.24) is 0 Å². The first kappa shape index (κ1) is 12.1. The van der Waals surface area contributed by atoms with Crippen molar-refractivity contribution in [3.63, 3.8) is 0 Å². The van der Waals surface area contributed by atoms with Crippen LogP contribution in [0.2, 0.25) is 0 Å². The largest absolute Gasteiger partial charge is 0.457 e. The number of rotatable bonds is 5. The van der Waals surface area contributed by atoms with Crippen LogP contribution in [0.4, 0.5) is 0 Å². The van der Waals surface area contributed by atoms with Crippen LogP contribution in [0.25, 0.3) is 0 Å². The smallest absolute Gasteiger partial charge is 0.310 e. The second kappa shape index (κ2) is 5.82. The van der Waals surface area contributed by atoms with Crippen molar-refractivity contribution in [2.24, 2.45) is 0 Å². The van der Waals surface area contributed by atoms with Gasteiger partial charge in [-0.15, -0.1) is 0 Å². The van der Waals surface area contributed by atoms with Gasteiger partial charge in [0.25, 0.3) is 0 Å². The molecule has 1 aromatic carbocycles. The molecule has 0 unspecified atom stereocenters. The van der Waals surface area contributed by atoms with Crippen LogP contribution in [0.3, 0.4) is 0 Å². The number of carbonyl (C=O) groups is 2. The summed E-state index contributed by atoms with van der Waals surface area (Å²) in [6.07, 6.45) is 0.831. The van der Waals surface area contributed by atoms with E-state index in [0.717, 1.165) is 5.56 Å². The molecule has 0 bridgehead atoms. The number of furan rings is 1. The minimum absolute atomic E-state index is 0.0412. The van der Waals surface area contributed by atoms with E-state index in [2.05, 4.69) is 0 Å².